The standard InChI is InChI=1S/C46H50F6S6/c1-25-23-31(29-17-19-33(55-29)41(8,9)10)58-43(35-21-20-34(57-35)42(11,12)13,38-36(25)44(47,48)46(51,52)45(38,49)50)26-24-30(28-16-18-32(54-28)40(5,6)7)56-37(26)27(53)15-14-22-39(2,3)4/h14-24,53H,1H2,2-13H3/b22-14+,27-15-. The van der Waals surface area contributed by atoms with E-state index in [1.54, 1.807) is 35.6 Å². The van der Waals surface area contributed by atoms with E-state index in [9.17, 15) is 0 Å². The minimum atomic E-state index is -5.75. The maximum absolute atomic E-state index is 17.2. The summed E-state index contributed by atoms with van der Waals surface area (Å²) < 4.78 is 97.5. The van der Waals surface area contributed by atoms with Crippen molar-refractivity contribution in [2.75, 3.05) is 0 Å². The van der Waals surface area contributed by atoms with Crippen LogP contribution in [0.5, 0.6) is 0 Å². The molecule has 4 aromatic heterocycles. The molecule has 312 valence electrons. The molecule has 0 saturated carbocycles. The third-order valence-corrected chi connectivity index (χ3v) is 18.3. The third-order valence-electron chi connectivity index (χ3n) is 9.97. The first kappa shape index (κ1) is 45.3. The summed E-state index contributed by atoms with van der Waals surface area (Å²) >= 11 is 11.3. The van der Waals surface area contributed by atoms with Crippen molar-refractivity contribution in [3.05, 3.63) is 125 Å². The van der Waals surface area contributed by atoms with Gasteiger partial charge in [-0.25, -0.2) is 0 Å². The molecule has 1 aliphatic carbocycles. The Bertz CT molecular complexity index is 2380. The lowest BCUT2D eigenvalue weighted by Crippen LogP contribution is -2.51. The van der Waals surface area contributed by atoms with Crippen molar-refractivity contribution in [3.8, 4) is 9.75 Å². The molecule has 0 bridgehead atoms. The summed E-state index contributed by atoms with van der Waals surface area (Å²) in [5.74, 6) is -16.3. The molecule has 58 heavy (non-hydrogen) atoms. The Morgan fingerprint density at radius 3 is 1.69 bits per heavy atom. The molecule has 2 aliphatic rings. The van der Waals surface area contributed by atoms with Crippen LogP contribution >= 0.6 is 69.7 Å². The van der Waals surface area contributed by atoms with Crippen LogP contribution in [0, 0.1) is 5.41 Å². The summed E-state index contributed by atoms with van der Waals surface area (Å²) in [7, 11) is 0. The largest absolute Gasteiger partial charge is 0.380 e. The Hall–Kier alpha value is -2.22. The summed E-state index contributed by atoms with van der Waals surface area (Å²) in [6.07, 6.45) is 6.85. The van der Waals surface area contributed by atoms with Crippen LogP contribution in [-0.2, 0) is 21.0 Å². The number of thioether (sulfide) groups is 1. The van der Waals surface area contributed by atoms with Crippen molar-refractivity contribution >= 4 is 79.5 Å². The predicted octanol–water partition coefficient (Wildman–Crippen LogP) is 17.2. The van der Waals surface area contributed by atoms with Gasteiger partial charge in [-0.05, 0) is 87.4 Å². The smallest absolute Gasteiger partial charge is 0.194 e. The van der Waals surface area contributed by atoms with Crippen molar-refractivity contribution in [3.63, 3.8) is 0 Å². The number of rotatable bonds is 6. The fourth-order valence-corrected chi connectivity index (χ4v) is 13.6. The second kappa shape index (κ2) is 14.7. The van der Waals surface area contributed by atoms with E-state index in [1.807, 2.05) is 98.7 Å². The van der Waals surface area contributed by atoms with Crippen LogP contribution in [0.15, 0.2) is 90.1 Å². The molecule has 12 heteroatoms. The summed E-state index contributed by atoms with van der Waals surface area (Å²) in [6.45, 7) is 28.3. The molecule has 0 N–H and O–H groups in total. The van der Waals surface area contributed by atoms with Crippen molar-refractivity contribution in [1.82, 2.24) is 0 Å². The highest BCUT2D eigenvalue weighted by molar-refractivity contribution is 8.09. The van der Waals surface area contributed by atoms with Gasteiger partial charge >= 0.3 is 17.8 Å². The fourth-order valence-electron chi connectivity index (χ4n) is 6.82. The van der Waals surface area contributed by atoms with E-state index in [2.05, 4.69) is 27.4 Å². The van der Waals surface area contributed by atoms with E-state index in [-0.39, 0.29) is 26.7 Å². The lowest BCUT2D eigenvalue weighted by atomic mass is 9.82. The second-order valence-corrected chi connectivity index (χ2v) is 25.2. The van der Waals surface area contributed by atoms with Gasteiger partial charge in [0.05, 0.1) is 0 Å². The average molecular weight is 909 g/mol. The van der Waals surface area contributed by atoms with E-state index < -0.39 is 44.6 Å². The third kappa shape index (κ3) is 7.78. The Morgan fingerprint density at radius 1 is 0.655 bits per heavy atom. The fraction of sp³-hybridized carbons (Fsp3) is 0.435. The lowest BCUT2D eigenvalue weighted by Gasteiger charge is -2.38. The van der Waals surface area contributed by atoms with Crippen LogP contribution in [0.2, 0.25) is 0 Å². The molecule has 6 rings (SSSR count). The molecule has 0 fully saturated rings. The van der Waals surface area contributed by atoms with Crippen molar-refractivity contribution < 1.29 is 26.3 Å². The molecule has 0 nitrogen and oxygen atoms in total. The Balaban J connectivity index is 1.82. The van der Waals surface area contributed by atoms with Gasteiger partial charge in [0.15, 0.2) is 0 Å². The number of hydrogen-bond donors (Lipinski definition) is 1. The Labute approximate surface area is 365 Å². The van der Waals surface area contributed by atoms with Gasteiger partial charge in [0.1, 0.15) is 4.75 Å². The van der Waals surface area contributed by atoms with Gasteiger partial charge in [-0.15, -0.1) is 69.7 Å². The van der Waals surface area contributed by atoms with Crippen LogP contribution in [0.3, 0.4) is 0 Å². The van der Waals surface area contributed by atoms with E-state index in [0.717, 1.165) is 31.3 Å². The van der Waals surface area contributed by atoms with Gasteiger partial charge < -0.3 is 0 Å². The zero-order valence-electron chi connectivity index (χ0n) is 34.8. The topological polar surface area (TPSA) is 0 Å². The zero-order chi connectivity index (χ0) is 43.4. The first-order chi connectivity index (χ1) is 26.3. The van der Waals surface area contributed by atoms with Crippen LogP contribution in [-0.4, -0.2) is 17.8 Å². The molecule has 1 unspecified atom stereocenters. The lowest BCUT2D eigenvalue weighted by molar-refractivity contribution is -0.265. The average Bonchev–Trinajstić information content (AvgIpc) is 3.89. The van der Waals surface area contributed by atoms with Gasteiger partial charge in [0.2, 0.25) is 0 Å². The molecule has 0 radical (unpaired) electrons. The molecule has 0 spiro atoms. The van der Waals surface area contributed by atoms with E-state index in [1.165, 1.54) is 40.1 Å². The minimum absolute atomic E-state index is 0.185. The monoisotopic (exact) mass is 908 g/mol. The Kier molecular flexibility index (Phi) is 11.5. The number of thiophene rings is 4. The number of hydrogen-bond acceptors (Lipinski definition) is 6. The van der Waals surface area contributed by atoms with Gasteiger partial charge in [0, 0.05) is 60.0 Å². The molecule has 1 aliphatic heterocycles. The van der Waals surface area contributed by atoms with Gasteiger partial charge in [-0.1, -0.05) is 102 Å². The molecule has 0 amide bonds. The summed E-state index contributed by atoms with van der Waals surface area (Å²) in [5, 5.41) is 0. The first-order valence-corrected chi connectivity index (χ1v) is 23.4. The molecule has 0 saturated heterocycles. The van der Waals surface area contributed by atoms with Gasteiger partial charge in [-0.3, -0.25) is 0 Å². The van der Waals surface area contributed by atoms with Gasteiger partial charge in [-0.2, -0.15) is 26.3 Å². The van der Waals surface area contributed by atoms with E-state index in [0.29, 0.717) is 24.4 Å². The number of allylic oxidation sites excluding steroid dienone is 6. The molecule has 4 aromatic rings. The van der Waals surface area contributed by atoms with Crippen LogP contribution < -0.4 is 0 Å². The maximum Gasteiger partial charge on any atom is 0.380 e. The van der Waals surface area contributed by atoms with Crippen LogP contribution in [0.4, 0.5) is 26.3 Å². The van der Waals surface area contributed by atoms with Crippen LogP contribution in [0.1, 0.15) is 118 Å². The number of thiol groups is 1. The zero-order valence-corrected chi connectivity index (χ0v) is 39.8. The highest BCUT2D eigenvalue weighted by Crippen LogP contribution is 2.72. The SMILES string of the molecule is C=C1C=C(c2ccc(C(C)(C)C)s2)SC(c2ccc(C(C)(C)C)s2)(c2cc(-c3ccc(C(C)(C)C)s3)sc2/C(S)=C/C=C/C(C)(C)C)C2=C1C(F)(F)C(F)(F)C2(F)F. The van der Waals surface area contributed by atoms with Crippen LogP contribution in [0.25, 0.3) is 19.6 Å². The second-order valence-electron chi connectivity index (χ2n) is 19.2. The highest BCUT2D eigenvalue weighted by atomic mass is 32.2. The Morgan fingerprint density at radius 2 is 1.17 bits per heavy atom. The maximum atomic E-state index is 17.2. The van der Waals surface area contributed by atoms with E-state index in [4.69, 9.17) is 12.6 Å². The van der Waals surface area contributed by atoms with E-state index >= 15 is 26.3 Å². The molecular formula is C46H50F6S6. The minimum Gasteiger partial charge on any atom is -0.194 e. The normalized spacial score (nSPS) is 21.5. The quantitative estimate of drug-likeness (QED) is 0.114. The number of halogens is 6. The highest BCUT2D eigenvalue weighted by Gasteiger charge is 2.83. The molecule has 0 aromatic carbocycles. The molecular weight excluding hydrogens is 859 g/mol. The number of alkyl halides is 6. The van der Waals surface area contributed by atoms with Gasteiger partial charge in [0.25, 0.3) is 0 Å². The molecule has 5 heterocycles. The molecule has 1 atom stereocenters. The predicted molar refractivity (Wildman–Crippen MR) is 245 cm³/mol. The van der Waals surface area contributed by atoms with Crippen molar-refractivity contribution in [2.45, 2.75) is 122 Å². The first-order valence-electron chi connectivity index (χ1n) is 18.9. The summed E-state index contributed by atoms with van der Waals surface area (Å²) in [4.78, 5) is 6.40. The van der Waals surface area contributed by atoms with Crippen molar-refractivity contribution in [1.29, 1.82) is 0 Å². The van der Waals surface area contributed by atoms with Crippen molar-refractivity contribution in [2.24, 2.45) is 5.41 Å². The summed E-state index contributed by atoms with van der Waals surface area (Å²) in [6, 6.07) is 13.0. The summed E-state index contributed by atoms with van der Waals surface area (Å²) in [5.41, 5.74) is -4.30.